The molecule has 4 fully saturated rings. The molecule has 0 heteroatoms. The summed E-state index contributed by atoms with van der Waals surface area (Å²) in [5.74, 6) is 3.71. The first-order chi connectivity index (χ1) is 13.8. The normalized spacial score (nSPS) is 36.5. The summed E-state index contributed by atoms with van der Waals surface area (Å²) in [5, 5.41) is 0. The number of fused-ring (bicyclic) bond motifs is 3. The van der Waals surface area contributed by atoms with Crippen LogP contribution in [0.3, 0.4) is 0 Å². The van der Waals surface area contributed by atoms with Crippen LogP contribution in [0.15, 0.2) is 66.3 Å². The zero-order valence-corrected chi connectivity index (χ0v) is 16.5. The Kier molecular flexibility index (Phi) is 3.10. The zero-order valence-electron chi connectivity index (χ0n) is 16.5. The molecular formula is C28H28. The maximum absolute atomic E-state index is 2.52. The van der Waals surface area contributed by atoms with Crippen molar-refractivity contribution in [2.24, 2.45) is 23.7 Å². The fourth-order valence-corrected chi connectivity index (χ4v) is 8.32. The lowest BCUT2D eigenvalue weighted by Crippen LogP contribution is -2.53. The molecule has 0 heterocycles. The largest absolute Gasteiger partial charge is 0.0805 e. The number of benzene rings is 2. The molecule has 6 aliphatic rings. The van der Waals surface area contributed by atoms with Crippen molar-refractivity contribution >= 4 is 0 Å². The van der Waals surface area contributed by atoms with Crippen LogP contribution in [0, 0.1) is 23.7 Å². The van der Waals surface area contributed by atoms with Crippen LogP contribution in [0.2, 0.25) is 0 Å². The van der Waals surface area contributed by atoms with Gasteiger partial charge in [0.2, 0.25) is 0 Å². The van der Waals surface area contributed by atoms with E-state index in [1.54, 1.807) is 16.7 Å². The maximum atomic E-state index is 2.52. The van der Waals surface area contributed by atoms with Gasteiger partial charge in [-0.3, -0.25) is 0 Å². The van der Waals surface area contributed by atoms with E-state index in [1.807, 2.05) is 0 Å². The Hall–Kier alpha value is -2.08. The number of rotatable bonds is 2. The number of hydrogen-bond donors (Lipinski definition) is 0. The van der Waals surface area contributed by atoms with Crippen molar-refractivity contribution in [2.75, 3.05) is 0 Å². The molecule has 0 N–H and O–H groups in total. The van der Waals surface area contributed by atoms with Gasteiger partial charge in [-0.05, 0) is 102 Å². The monoisotopic (exact) mass is 364 g/mol. The molecule has 2 aromatic carbocycles. The molecule has 8 rings (SSSR count). The third-order valence-corrected chi connectivity index (χ3v) is 8.92. The molecular weight excluding hydrogens is 336 g/mol. The smallest absolute Gasteiger partial charge is 0.00105 e. The van der Waals surface area contributed by atoms with E-state index < -0.39 is 0 Å². The van der Waals surface area contributed by atoms with Gasteiger partial charge in [0.05, 0.1) is 0 Å². The van der Waals surface area contributed by atoms with Gasteiger partial charge in [-0.15, -0.1) is 0 Å². The fraction of sp³-hybridized carbons (Fsp3) is 0.429. The van der Waals surface area contributed by atoms with Crippen molar-refractivity contribution < 1.29 is 0 Å². The molecule has 140 valence electrons. The molecule has 0 spiro atoms. The second-order valence-corrected chi connectivity index (χ2v) is 10.3. The average molecular weight is 365 g/mol. The predicted octanol–water partition coefficient (Wildman–Crippen LogP) is 6.84. The van der Waals surface area contributed by atoms with Gasteiger partial charge in [0.25, 0.3) is 0 Å². The summed E-state index contributed by atoms with van der Waals surface area (Å²) in [7, 11) is 0. The molecule has 2 aromatic rings. The lowest BCUT2D eigenvalue weighted by atomic mass is 9.43. The minimum atomic E-state index is 0.465. The van der Waals surface area contributed by atoms with Crippen LogP contribution in [0.1, 0.15) is 55.2 Å². The molecule has 0 amide bonds. The lowest BCUT2D eigenvalue weighted by molar-refractivity contribution is -0.0427. The quantitative estimate of drug-likeness (QED) is 0.467. The first-order valence-corrected chi connectivity index (χ1v) is 11.4. The van der Waals surface area contributed by atoms with Crippen molar-refractivity contribution in [1.82, 2.24) is 0 Å². The Morgan fingerprint density at radius 3 is 2.46 bits per heavy atom. The third-order valence-electron chi connectivity index (χ3n) is 8.92. The van der Waals surface area contributed by atoms with Crippen LogP contribution in [0.25, 0.3) is 11.1 Å². The van der Waals surface area contributed by atoms with Gasteiger partial charge < -0.3 is 0 Å². The zero-order chi connectivity index (χ0) is 18.3. The first-order valence-electron chi connectivity index (χ1n) is 11.4. The highest BCUT2D eigenvalue weighted by Crippen LogP contribution is 2.65. The second kappa shape index (κ2) is 5.50. The minimum Gasteiger partial charge on any atom is -0.0805 e. The van der Waals surface area contributed by atoms with Gasteiger partial charge in [-0.2, -0.15) is 0 Å². The summed E-state index contributed by atoms with van der Waals surface area (Å²) >= 11 is 0. The van der Waals surface area contributed by atoms with Gasteiger partial charge >= 0.3 is 0 Å². The molecule has 4 saturated carbocycles. The molecule has 0 aliphatic heterocycles. The molecule has 28 heavy (non-hydrogen) atoms. The van der Waals surface area contributed by atoms with Crippen molar-refractivity contribution in [1.29, 1.82) is 0 Å². The third kappa shape index (κ3) is 2.02. The van der Waals surface area contributed by atoms with Crippen molar-refractivity contribution in [2.45, 2.75) is 50.4 Å². The highest BCUT2D eigenvalue weighted by molar-refractivity contribution is 5.78. The Morgan fingerprint density at radius 1 is 0.821 bits per heavy atom. The Labute approximate surface area is 168 Å². The van der Waals surface area contributed by atoms with E-state index in [0.717, 1.165) is 30.1 Å². The van der Waals surface area contributed by atoms with Gasteiger partial charge in [0.1, 0.15) is 0 Å². The van der Waals surface area contributed by atoms with E-state index in [1.165, 1.54) is 55.2 Å². The number of hydrogen-bond acceptors (Lipinski definition) is 0. The molecule has 0 aromatic heterocycles. The summed E-state index contributed by atoms with van der Waals surface area (Å²) < 4.78 is 0. The van der Waals surface area contributed by atoms with Crippen molar-refractivity contribution in [3.8, 4) is 11.1 Å². The van der Waals surface area contributed by atoms with Crippen LogP contribution >= 0.6 is 0 Å². The van der Waals surface area contributed by atoms with E-state index in [-0.39, 0.29) is 0 Å². The standard InChI is InChI=1S/C28H28/c1-2-7-19(6-1)27-21-12-18-13-22(27)17-28(15-18,16-21)26-11-5-10-24-23-9-4-3-8-20(23)14-25(24)26/h1-6,8-11,18,21-22,27H,7,12-17H2. The second-order valence-electron chi connectivity index (χ2n) is 10.3. The summed E-state index contributed by atoms with van der Waals surface area (Å²) in [6.07, 6.45) is 16.8. The van der Waals surface area contributed by atoms with E-state index >= 15 is 0 Å². The van der Waals surface area contributed by atoms with E-state index in [9.17, 15) is 0 Å². The van der Waals surface area contributed by atoms with Gasteiger partial charge in [0.15, 0.2) is 0 Å². The Balaban J connectivity index is 1.32. The van der Waals surface area contributed by atoms with Crippen LogP contribution in [0.4, 0.5) is 0 Å². The van der Waals surface area contributed by atoms with E-state index in [0.29, 0.717) is 5.41 Å². The van der Waals surface area contributed by atoms with Crippen LogP contribution in [0.5, 0.6) is 0 Å². The average Bonchev–Trinajstić information content (AvgIpc) is 3.34. The fourth-order valence-electron chi connectivity index (χ4n) is 8.32. The minimum absolute atomic E-state index is 0.465. The Bertz CT molecular complexity index is 1020. The predicted molar refractivity (Wildman–Crippen MR) is 115 cm³/mol. The first kappa shape index (κ1) is 15.8. The lowest BCUT2D eigenvalue weighted by Gasteiger charge is -2.61. The molecule has 0 nitrogen and oxygen atoms in total. The van der Waals surface area contributed by atoms with Crippen molar-refractivity contribution in [3.05, 3.63) is 83.0 Å². The van der Waals surface area contributed by atoms with Gasteiger partial charge in [-0.1, -0.05) is 66.3 Å². The maximum Gasteiger partial charge on any atom is -0.00105 e. The van der Waals surface area contributed by atoms with Crippen LogP contribution in [-0.2, 0) is 11.8 Å². The number of allylic oxidation sites excluding steroid dienone is 4. The summed E-state index contributed by atoms with van der Waals surface area (Å²) in [4.78, 5) is 0. The van der Waals surface area contributed by atoms with Crippen molar-refractivity contribution in [3.63, 3.8) is 0 Å². The molecule has 0 saturated heterocycles. The van der Waals surface area contributed by atoms with E-state index in [4.69, 9.17) is 0 Å². The molecule has 0 radical (unpaired) electrons. The molecule has 6 aliphatic carbocycles. The summed E-state index contributed by atoms with van der Waals surface area (Å²) in [6, 6.07) is 16.3. The van der Waals surface area contributed by atoms with E-state index in [2.05, 4.69) is 60.7 Å². The van der Waals surface area contributed by atoms with Gasteiger partial charge in [0, 0.05) is 0 Å². The van der Waals surface area contributed by atoms with Crippen LogP contribution in [-0.4, -0.2) is 0 Å². The summed E-state index contributed by atoms with van der Waals surface area (Å²) in [6.45, 7) is 0. The molecule has 2 atom stereocenters. The van der Waals surface area contributed by atoms with Crippen LogP contribution < -0.4 is 0 Å². The topological polar surface area (TPSA) is 0 Å². The highest BCUT2D eigenvalue weighted by atomic mass is 14.6. The summed E-state index contributed by atoms with van der Waals surface area (Å²) in [5.41, 5.74) is 10.2. The molecule has 4 bridgehead atoms. The Morgan fingerprint density at radius 2 is 1.64 bits per heavy atom. The molecule has 2 unspecified atom stereocenters. The highest BCUT2D eigenvalue weighted by Gasteiger charge is 2.57. The SMILES string of the molecule is C1=CCC(C2C3CC4CC2CC(c2cccc5c2Cc2ccccc2-5)(C4)C3)=C1. The van der Waals surface area contributed by atoms with Gasteiger partial charge in [-0.25, -0.2) is 0 Å².